The molecule has 0 bridgehead atoms. The summed E-state index contributed by atoms with van der Waals surface area (Å²) in [4.78, 5) is 2.27. The summed E-state index contributed by atoms with van der Waals surface area (Å²) in [5, 5.41) is 3.49. The van der Waals surface area contributed by atoms with Crippen molar-refractivity contribution >= 4 is 37.3 Å². The summed E-state index contributed by atoms with van der Waals surface area (Å²) in [6.45, 7) is 10.5. The van der Waals surface area contributed by atoms with Crippen LogP contribution in [0, 0.1) is 12.3 Å². The predicted molar refractivity (Wildman–Crippen MR) is 206 cm³/mol. The molecular weight excluding hydrogens is 683 g/mol. The molecule has 0 atom stereocenters. The largest absolute Gasteiger partial charge is 0.374 e. The molecule has 0 saturated carbocycles. The van der Waals surface area contributed by atoms with Crippen LogP contribution in [0.3, 0.4) is 0 Å². The quantitative estimate of drug-likeness (QED) is 0.0788. The van der Waals surface area contributed by atoms with Gasteiger partial charge in [-0.25, -0.2) is 0 Å². The number of benzene rings is 2. The molecule has 1 aliphatic carbocycles. The van der Waals surface area contributed by atoms with Crippen molar-refractivity contribution in [1.29, 1.82) is 0 Å². The Morgan fingerprint density at radius 3 is 2.18 bits per heavy atom. The van der Waals surface area contributed by atoms with Gasteiger partial charge in [0.1, 0.15) is 6.54 Å². The molecule has 2 aromatic rings. The Labute approximate surface area is 304 Å². The molecule has 0 fully saturated rings. The first-order chi connectivity index (χ1) is 24.0. The zero-order valence-electron chi connectivity index (χ0n) is 30.0. The first-order valence-electron chi connectivity index (χ1n) is 17.6. The highest BCUT2D eigenvalue weighted by molar-refractivity contribution is 7.86. The van der Waals surface area contributed by atoms with Gasteiger partial charge in [0.15, 0.2) is 5.71 Å². The maximum atomic E-state index is 11.3. The first kappa shape index (κ1) is 38.3. The van der Waals surface area contributed by atoms with Crippen molar-refractivity contribution in [3.05, 3.63) is 107 Å². The van der Waals surface area contributed by atoms with Crippen molar-refractivity contribution in [3.8, 4) is 12.3 Å². The van der Waals surface area contributed by atoms with Gasteiger partial charge < -0.3 is 10.2 Å². The van der Waals surface area contributed by atoms with Gasteiger partial charge in [0, 0.05) is 53.2 Å². The molecule has 3 aliphatic rings. The topological polar surface area (TPSA) is 127 Å². The third kappa shape index (κ3) is 8.75. The number of hydrogen-bond donors (Lipinski definition) is 3. The Morgan fingerprint density at radius 1 is 0.843 bits per heavy atom. The number of hydrogen-bond acceptors (Lipinski definition) is 6. The molecule has 272 valence electrons. The van der Waals surface area contributed by atoms with E-state index >= 15 is 0 Å². The summed E-state index contributed by atoms with van der Waals surface area (Å²) in [7, 11) is -8.02. The lowest BCUT2D eigenvalue weighted by Gasteiger charge is -2.27. The number of terminal acetylenes is 1. The lowest BCUT2D eigenvalue weighted by molar-refractivity contribution is -0.438. The second-order valence-corrected chi connectivity index (χ2v) is 17.6. The molecule has 0 unspecified atom stereocenters. The van der Waals surface area contributed by atoms with Crippen molar-refractivity contribution in [2.24, 2.45) is 0 Å². The number of para-hydroxylation sites is 2. The maximum Gasteiger partial charge on any atom is 0.264 e. The average Bonchev–Trinajstić information content (AvgIpc) is 3.62. The molecule has 51 heavy (non-hydrogen) atoms. The lowest BCUT2D eigenvalue weighted by Crippen LogP contribution is -2.28. The Balaban J connectivity index is 1.48. The Morgan fingerprint density at radius 2 is 1.49 bits per heavy atom. The molecule has 0 saturated heterocycles. The van der Waals surface area contributed by atoms with Crippen molar-refractivity contribution in [1.82, 2.24) is 5.32 Å². The van der Waals surface area contributed by atoms with Gasteiger partial charge in [-0.15, -0.1) is 6.42 Å². The van der Waals surface area contributed by atoms with E-state index in [1.807, 2.05) is 24.3 Å². The van der Waals surface area contributed by atoms with Crippen LogP contribution in [0.25, 0.3) is 0 Å². The van der Waals surface area contributed by atoms with Gasteiger partial charge >= 0.3 is 0 Å². The Bertz CT molecular complexity index is 2080. The number of allylic oxidation sites excluding steroid dienone is 7. The number of rotatable bonds is 15. The van der Waals surface area contributed by atoms with Crippen molar-refractivity contribution < 1.29 is 30.5 Å². The van der Waals surface area contributed by atoms with Crippen LogP contribution in [0.15, 0.2) is 95.4 Å². The molecular formula is C40H50N3O6S2+. The number of unbranched alkanes of at least 4 members (excludes halogenated alkanes) is 2. The monoisotopic (exact) mass is 732 g/mol. The van der Waals surface area contributed by atoms with Gasteiger partial charge in [0.05, 0.1) is 23.5 Å². The van der Waals surface area contributed by atoms with Crippen LogP contribution in [0.4, 0.5) is 11.4 Å². The van der Waals surface area contributed by atoms with Gasteiger partial charge in [-0.3, -0.25) is 9.11 Å². The molecule has 11 heteroatoms. The molecule has 2 aliphatic heterocycles. The van der Waals surface area contributed by atoms with Gasteiger partial charge in [-0.2, -0.15) is 21.4 Å². The summed E-state index contributed by atoms with van der Waals surface area (Å²) in [5.74, 6) is 2.21. The minimum atomic E-state index is -4.01. The van der Waals surface area contributed by atoms with E-state index in [9.17, 15) is 25.9 Å². The van der Waals surface area contributed by atoms with Gasteiger partial charge in [0.2, 0.25) is 5.69 Å². The Hall–Kier alpha value is -3.95. The van der Waals surface area contributed by atoms with Gasteiger partial charge in [0.25, 0.3) is 20.2 Å². The fraction of sp³-hybridized carbons (Fsp3) is 0.425. The highest BCUT2D eigenvalue weighted by Gasteiger charge is 2.44. The van der Waals surface area contributed by atoms with Gasteiger partial charge in [-0.1, -0.05) is 68.3 Å². The van der Waals surface area contributed by atoms with E-state index in [2.05, 4.69) is 97.0 Å². The van der Waals surface area contributed by atoms with Crippen LogP contribution in [-0.4, -0.2) is 67.4 Å². The number of fused-ring (bicyclic) bond motifs is 2. The first-order valence-corrected chi connectivity index (χ1v) is 20.8. The van der Waals surface area contributed by atoms with Crippen LogP contribution in [0.1, 0.15) is 77.3 Å². The molecule has 0 radical (unpaired) electrons. The Kier molecular flexibility index (Phi) is 11.5. The maximum absolute atomic E-state index is 11.3. The predicted octanol–water partition coefficient (Wildman–Crippen LogP) is 6.83. The molecule has 5 rings (SSSR count). The third-order valence-corrected chi connectivity index (χ3v) is 11.8. The molecule has 0 aromatic heterocycles. The van der Waals surface area contributed by atoms with E-state index in [1.54, 1.807) is 0 Å². The summed E-state index contributed by atoms with van der Waals surface area (Å²) >= 11 is 0. The number of nitrogens with one attached hydrogen (secondary N) is 1. The standard InChI is InChI=1S/C40H49N3O6S2/c1-6-25-41-38-30(21-23-36-39(2,3)32-15-7-9-17-34(32)42(36)26-11-13-28-50(44,45)46)19-20-31(38)22-24-37-40(4,5)33-16-8-10-18-35(33)43(37)27-12-14-29-51(47,48)49/h1,7-10,15-18,21-24H,11-14,19-20,25-29H2,2-5H3,(H2,44,45,46,47,48,49)/p+1/b30-21+,36-23+. The smallest absolute Gasteiger partial charge is 0.264 e. The second-order valence-electron chi connectivity index (χ2n) is 14.5. The fourth-order valence-electron chi connectivity index (χ4n) is 7.66. The molecule has 0 spiro atoms. The van der Waals surface area contributed by atoms with E-state index in [0.717, 1.165) is 52.5 Å². The summed E-state index contributed by atoms with van der Waals surface area (Å²) in [5.41, 5.74) is 9.63. The highest BCUT2D eigenvalue weighted by atomic mass is 32.2. The van der Waals surface area contributed by atoms with E-state index in [-0.39, 0.29) is 22.3 Å². The minimum Gasteiger partial charge on any atom is -0.374 e. The van der Waals surface area contributed by atoms with Crippen molar-refractivity contribution in [2.45, 2.75) is 77.0 Å². The van der Waals surface area contributed by atoms with Crippen LogP contribution in [0.5, 0.6) is 0 Å². The zero-order valence-corrected chi connectivity index (χ0v) is 31.7. The van der Waals surface area contributed by atoms with E-state index in [1.165, 1.54) is 11.1 Å². The number of anilines is 1. The average molecular weight is 733 g/mol. The molecule has 2 aromatic carbocycles. The van der Waals surface area contributed by atoms with E-state index < -0.39 is 20.2 Å². The fourth-order valence-corrected chi connectivity index (χ4v) is 8.79. The van der Waals surface area contributed by atoms with Crippen LogP contribution >= 0.6 is 0 Å². The second kappa shape index (κ2) is 15.3. The molecule has 2 heterocycles. The summed E-state index contributed by atoms with van der Waals surface area (Å²) in [6.07, 6.45) is 18.0. The zero-order chi connectivity index (χ0) is 37.0. The molecule has 9 nitrogen and oxygen atoms in total. The summed E-state index contributed by atoms with van der Waals surface area (Å²) in [6, 6.07) is 16.6. The van der Waals surface area contributed by atoms with Crippen molar-refractivity contribution in [2.75, 3.05) is 36.0 Å². The van der Waals surface area contributed by atoms with Crippen LogP contribution in [-0.2, 0) is 31.1 Å². The molecule has 3 N–H and O–H groups in total. The number of nitrogens with zero attached hydrogens (tertiary/aromatic N) is 2. The van der Waals surface area contributed by atoms with Crippen LogP contribution < -0.4 is 10.2 Å². The van der Waals surface area contributed by atoms with Gasteiger partial charge in [-0.05, 0) is 74.8 Å². The van der Waals surface area contributed by atoms with E-state index in [4.69, 9.17) is 6.42 Å². The SMILES string of the molecule is C#CCNC1=C(/C=C/C2=[N+](CCCCS(=O)(=O)O)c3ccccc3C2(C)C)CC/C1=C\C=C1\N(CCCCS(=O)(=O)O)c2ccccc2C1(C)C. The van der Waals surface area contributed by atoms with Crippen molar-refractivity contribution in [3.63, 3.8) is 0 Å². The lowest BCUT2D eigenvalue weighted by atomic mass is 9.81. The highest BCUT2D eigenvalue weighted by Crippen LogP contribution is 2.48. The van der Waals surface area contributed by atoms with Crippen LogP contribution in [0.2, 0.25) is 0 Å². The normalized spacial score (nSPS) is 19.7. The minimum absolute atomic E-state index is 0.255. The van der Waals surface area contributed by atoms with E-state index in [0.29, 0.717) is 45.3 Å². The third-order valence-electron chi connectivity index (χ3n) is 10.2. The summed E-state index contributed by atoms with van der Waals surface area (Å²) < 4.78 is 66.1. The molecule has 0 amide bonds.